The third-order valence-electron chi connectivity index (χ3n) is 3.40. The second-order valence-electron chi connectivity index (χ2n) is 5.38. The highest BCUT2D eigenvalue weighted by Gasteiger charge is 2.30. The van der Waals surface area contributed by atoms with Crippen LogP contribution in [0.2, 0.25) is 5.02 Å². The number of aliphatic hydroxyl groups excluding tert-OH is 1. The Kier molecular flexibility index (Phi) is 5.45. The number of hydrogen-bond acceptors (Lipinski definition) is 4. The maximum Gasteiger partial charge on any atom is 0.245 e. The van der Waals surface area contributed by atoms with Crippen molar-refractivity contribution < 1.29 is 14.6 Å². The van der Waals surface area contributed by atoms with Gasteiger partial charge in [-0.1, -0.05) is 17.7 Å². The number of rotatable bonds is 4. The minimum Gasteiger partial charge on any atom is -0.392 e. The van der Waals surface area contributed by atoms with Gasteiger partial charge in [-0.15, -0.1) is 0 Å². The highest BCUT2D eigenvalue weighted by molar-refractivity contribution is 6.31. The monoisotopic (exact) mass is 312 g/mol. The van der Waals surface area contributed by atoms with E-state index in [1.54, 1.807) is 12.1 Å². The Hall–Kier alpha value is -1.30. The lowest BCUT2D eigenvalue weighted by molar-refractivity contribution is -0.125. The number of aliphatic hydroxyl groups is 1. The molecule has 0 saturated carbocycles. The van der Waals surface area contributed by atoms with Crippen LogP contribution in [0.25, 0.3) is 0 Å². The fourth-order valence-corrected chi connectivity index (χ4v) is 2.59. The number of anilines is 1. The summed E-state index contributed by atoms with van der Waals surface area (Å²) in [6, 6.07) is 5.16. The summed E-state index contributed by atoms with van der Waals surface area (Å²) in [4.78, 5) is 14.3. The maximum atomic E-state index is 12.3. The molecule has 0 bridgehead atoms. The number of amides is 1. The Morgan fingerprint density at radius 2 is 2.33 bits per heavy atom. The summed E-state index contributed by atoms with van der Waals surface area (Å²) in [5, 5.41) is 12.6. The van der Waals surface area contributed by atoms with Crippen molar-refractivity contribution in [3.8, 4) is 0 Å². The molecule has 5 nitrogen and oxygen atoms in total. The third-order valence-corrected chi connectivity index (χ3v) is 3.75. The van der Waals surface area contributed by atoms with Crippen LogP contribution in [-0.2, 0) is 16.1 Å². The summed E-state index contributed by atoms with van der Waals surface area (Å²) in [7, 11) is 0. The van der Waals surface area contributed by atoms with Crippen LogP contribution in [0.3, 0.4) is 0 Å². The van der Waals surface area contributed by atoms with Gasteiger partial charge in [0.2, 0.25) is 5.91 Å². The molecule has 1 aliphatic heterocycles. The lowest BCUT2D eigenvalue weighted by atomic mass is 10.1. The van der Waals surface area contributed by atoms with Crippen LogP contribution in [0, 0.1) is 0 Å². The molecule has 1 aliphatic rings. The number of carbonyl (C=O) groups is 1. The predicted molar refractivity (Wildman–Crippen MR) is 82.6 cm³/mol. The Morgan fingerprint density at radius 3 is 2.95 bits per heavy atom. The molecule has 2 rings (SSSR count). The Balaban J connectivity index is 2.22. The van der Waals surface area contributed by atoms with E-state index in [2.05, 4.69) is 5.32 Å². The molecule has 116 valence electrons. The molecule has 1 unspecified atom stereocenters. The van der Waals surface area contributed by atoms with Crippen molar-refractivity contribution in [2.24, 2.45) is 0 Å². The Bertz CT molecular complexity index is 508. The molecule has 1 amide bonds. The first-order chi connectivity index (χ1) is 10.0. The van der Waals surface area contributed by atoms with Crippen LogP contribution in [-0.4, -0.2) is 42.9 Å². The van der Waals surface area contributed by atoms with Crippen LogP contribution in [0.1, 0.15) is 19.4 Å². The first kappa shape index (κ1) is 16.1. The topological polar surface area (TPSA) is 61.8 Å². The molecule has 1 saturated heterocycles. The molecule has 0 aliphatic carbocycles. The van der Waals surface area contributed by atoms with E-state index in [-0.39, 0.29) is 24.6 Å². The van der Waals surface area contributed by atoms with Crippen molar-refractivity contribution in [2.45, 2.75) is 32.5 Å². The summed E-state index contributed by atoms with van der Waals surface area (Å²) in [6.45, 7) is 5.32. The minimum absolute atomic E-state index is 0.0490. The summed E-state index contributed by atoms with van der Waals surface area (Å²) in [5.41, 5.74) is 1.54. The Morgan fingerprint density at radius 1 is 1.57 bits per heavy atom. The van der Waals surface area contributed by atoms with E-state index in [1.165, 1.54) is 0 Å². The van der Waals surface area contributed by atoms with E-state index in [4.69, 9.17) is 16.3 Å². The number of nitrogens with zero attached hydrogens (tertiary/aromatic N) is 1. The van der Waals surface area contributed by atoms with E-state index in [0.29, 0.717) is 30.3 Å². The summed E-state index contributed by atoms with van der Waals surface area (Å²) < 4.78 is 5.44. The zero-order valence-electron chi connectivity index (χ0n) is 12.3. The number of nitrogens with one attached hydrogen (secondary N) is 1. The fourth-order valence-electron chi connectivity index (χ4n) is 2.35. The molecular weight excluding hydrogens is 292 g/mol. The van der Waals surface area contributed by atoms with Gasteiger partial charge in [-0.2, -0.15) is 0 Å². The molecule has 6 heteroatoms. The Labute approximate surface area is 129 Å². The normalized spacial score (nSPS) is 18.9. The first-order valence-electron chi connectivity index (χ1n) is 7.07. The quantitative estimate of drug-likeness (QED) is 0.886. The SMILES string of the molecule is CC(C)NC(=O)C1COCCN1c1ccc(CO)c(Cl)c1. The van der Waals surface area contributed by atoms with Gasteiger partial charge in [-0.05, 0) is 31.5 Å². The van der Waals surface area contributed by atoms with Crippen LogP contribution in [0.4, 0.5) is 5.69 Å². The van der Waals surface area contributed by atoms with Gasteiger partial charge >= 0.3 is 0 Å². The van der Waals surface area contributed by atoms with Crippen LogP contribution >= 0.6 is 11.6 Å². The van der Waals surface area contributed by atoms with Crippen molar-refractivity contribution in [2.75, 3.05) is 24.7 Å². The molecule has 1 aromatic carbocycles. The largest absolute Gasteiger partial charge is 0.392 e. The number of morpholine rings is 1. The van der Waals surface area contributed by atoms with E-state index in [0.717, 1.165) is 5.69 Å². The highest BCUT2D eigenvalue weighted by atomic mass is 35.5. The van der Waals surface area contributed by atoms with Gasteiger partial charge in [-0.3, -0.25) is 4.79 Å². The van der Waals surface area contributed by atoms with Gasteiger partial charge in [0.25, 0.3) is 0 Å². The summed E-state index contributed by atoms with van der Waals surface area (Å²) >= 11 is 6.14. The van der Waals surface area contributed by atoms with Gasteiger partial charge in [-0.25, -0.2) is 0 Å². The molecule has 1 aromatic rings. The summed E-state index contributed by atoms with van der Waals surface area (Å²) in [6.07, 6.45) is 0. The zero-order valence-corrected chi connectivity index (χ0v) is 13.1. The average Bonchev–Trinajstić information content (AvgIpc) is 2.46. The number of hydrogen-bond donors (Lipinski definition) is 2. The minimum atomic E-state index is -0.364. The van der Waals surface area contributed by atoms with Crippen LogP contribution in [0.15, 0.2) is 18.2 Å². The van der Waals surface area contributed by atoms with E-state index >= 15 is 0 Å². The molecular formula is C15H21ClN2O3. The maximum absolute atomic E-state index is 12.3. The predicted octanol–water partition coefficient (Wildman–Crippen LogP) is 1.56. The van der Waals surface area contributed by atoms with Gasteiger partial charge in [0.1, 0.15) is 6.04 Å². The lowest BCUT2D eigenvalue weighted by Gasteiger charge is -2.36. The van der Waals surface area contributed by atoms with Crippen LogP contribution in [0.5, 0.6) is 0 Å². The van der Waals surface area contributed by atoms with Crippen molar-refractivity contribution in [1.82, 2.24) is 5.32 Å². The number of ether oxygens (including phenoxy) is 1. The fraction of sp³-hybridized carbons (Fsp3) is 0.533. The van der Waals surface area contributed by atoms with Gasteiger partial charge in [0.05, 0.1) is 19.8 Å². The number of benzene rings is 1. The molecule has 0 radical (unpaired) electrons. The molecule has 1 fully saturated rings. The second-order valence-corrected chi connectivity index (χ2v) is 5.79. The molecule has 0 spiro atoms. The third kappa shape index (κ3) is 3.87. The molecule has 0 aromatic heterocycles. The standard InChI is InChI=1S/C15H21ClN2O3/c1-10(2)17-15(20)14-9-21-6-5-18(14)12-4-3-11(8-19)13(16)7-12/h3-4,7,10,14,19H,5-6,8-9H2,1-2H3,(H,17,20). The van der Waals surface area contributed by atoms with Crippen molar-refractivity contribution in [1.29, 1.82) is 0 Å². The van der Waals surface area contributed by atoms with Gasteiger partial charge in [0.15, 0.2) is 0 Å². The zero-order chi connectivity index (χ0) is 15.4. The van der Waals surface area contributed by atoms with Crippen molar-refractivity contribution in [3.63, 3.8) is 0 Å². The van der Waals surface area contributed by atoms with E-state index < -0.39 is 0 Å². The summed E-state index contributed by atoms with van der Waals surface area (Å²) in [5.74, 6) is -0.0490. The van der Waals surface area contributed by atoms with Gasteiger partial charge in [0, 0.05) is 23.3 Å². The number of halogens is 1. The van der Waals surface area contributed by atoms with Crippen molar-refractivity contribution in [3.05, 3.63) is 28.8 Å². The van der Waals surface area contributed by atoms with E-state index in [1.807, 2.05) is 24.8 Å². The smallest absolute Gasteiger partial charge is 0.245 e. The molecule has 2 N–H and O–H groups in total. The van der Waals surface area contributed by atoms with Gasteiger partial charge < -0.3 is 20.1 Å². The van der Waals surface area contributed by atoms with E-state index in [9.17, 15) is 9.90 Å². The molecule has 1 atom stereocenters. The molecule has 1 heterocycles. The van der Waals surface area contributed by atoms with Crippen molar-refractivity contribution >= 4 is 23.2 Å². The lowest BCUT2D eigenvalue weighted by Crippen LogP contribution is -2.55. The molecule has 21 heavy (non-hydrogen) atoms. The van der Waals surface area contributed by atoms with Crippen LogP contribution < -0.4 is 10.2 Å². The average molecular weight is 313 g/mol. The first-order valence-corrected chi connectivity index (χ1v) is 7.44. The second kappa shape index (κ2) is 7.11. The highest BCUT2D eigenvalue weighted by Crippen LogP contribution is 2.26. The number of carbonyl (C=O) groups excluding carboxylic acids is 1.